The van der Waals surface area contributed by atoms with Crippen molar-refractivity contribution in [1.82, 2.24) is 5.32 Å². The molecule has 0 unspecified atom stereocenters. The molecule has 0 spiro atoms. The zero-order valence-electron chi connectivity index (χ0n) is 7.53. The number of benzene rings is 1. The lowest BCUT2D eigenvalue weighted by Crippen LogP contribution is -2.40. The van der Waals surface area contributed by atoms with Crippen molar-refractivity contribution < 1.29 is 0 Å². The number of hydrogen-bond donors (Lipinski definition) is 2. The largest absolute Gasteiger partial charge is 0.376 e. The molecule has 1 rings (SSSR count). The van der Waals surface area contributed by atoms with Crippen LogP contribution in [0.15, 0.2) is 12.1 Å². The smallest absolute Gasteiger partial charge is 0.217 e. The fourth-order valence-corrected chi connectivity index (χ4v) is 2.55. The van der Waals surface area contributed by atoms with E-state index in [2.05, 4.69) is 17.5 Å². The van der Waals surface area contributed by atoms with Crippen molar-refractivity contribution in [2.45, 2.75) is 4.46 Å². The first kappa shape index (κ1) is 14.4. The maximum atomic E-state index is 5.99. The topological polar surface area (TPSA) is 38.0 Å². The first-order valence-corrected chi connectivity index (χ1v) is 6.15. The van der Waals surface area contributed by atoms with Crippen molar-refractivity contribution in [3.63, 3.8) is 0 Å². The van der Waals surface area contributed by atoms with Gasteiger partial charge in [0.2, 0.25) is 4.46 Å². The van der Waals surface area contributed by atoms with Gasteiger partial charge < -0.3 is 11.1 Å². The lowest BCUT2D eigenvalue weighted by Gasteiger charge is -2.23. The summed E-state index contributed by atoms with van der Waals surface area (Å²) in [6.45, 7) is 0. The van der Waals surface area contributed by atoms with Gasteiger partial charge in [0, 0.05) is 5.56 Å². The van der Waals surface area contributed by atoms with Crippen LogP contribution >= 0.6 is 70.2 Å². The molecule has 1 aromatic rings. The first-order valence-electron chi connectivity index (χ1n) is 3.85. The van der Waals surface area contributed by atoms with E-state index < -0.39 is 4.46 Å². The van der Waals surface area contributed by atoms with Gasteiger partial charge in [0.15, 0.2) is 5.11 Å². The number of rotatable bonds is 2. The van der Waals surface area contributed by atoms with E-state index in [-0.39, 0.29) is 15.2 Å². The third kappa shape index (κ3) is 3.19. The zero-order chi connectivity index (χ0) is 12.5. The molecule has 8 heteroatoms. The minimum absolute atomic E-state index is 0.0628. The van der Waals surface area contributed by atoms with Crippen LogP contribution in [0.3, 0.4) is 0 Å². The summed E-state index contributed by atoms with van der Waals surface area (Å²) in [5, 5.41) is 3.02. The third-order valence-electron chi connectivity index (χ3n) is 1.65. The van der Waals surface area contributed by atoms with E-state index in [0.29, 0.717) is 10.6 Å². The lowest BCUT2D eigenvalue weighted by atomic mass is 10.2. The molecule has 0 radical (unpaired) electrons. The molecule has 0 aliphatic heterocycles. The molecule has 0 bridgehead atoms. The van der Waals surface area contributed by atoms with Gasteiger partial charge in [0.1, 0.15) is 0 Å². The molecule has 0 saturated heterocycles. The van der Waals surface area contributed by atoms with Crippen LogP contribution in [0.2, 0.25) is 15.1 Å². The van der Waals surface area contributed by atoms with Gasteiger partial charge in [0.25, 0.3) is 0 Å². The SMILES string of the molecule is NC(=S)NC(Cl)(Cl)c1ccc(Cl)c(Cl)c1Cl. The minimum Gasteiger partial charge on any atom is -0.376 e. The van der Waals surface area contributed by atoms with Crippen LogP contribution in [0.5, 0.6) is 0 Å². The molecule has 0 aliphatic rings. The van der Waals surface area contributed by atoms with Gasteiger partial charge in [-0.2, -0.15) is 0 Å². The quantitative estimate of drug-likeness (QED) is 0.369. The predicted molar refractivity (Wildman–Crippen MR) is 74.8 cm³/mol. The molecule has 16 heavy (non-hydrogen) atoms. The van der Waals surface area contributed by atoms with Crippen molar-refractivity contribution >= 4 is 75.3 Å². The molecule has 0 fully saturated rings. The normalized spacial score (nSPS) is 11.3. The van der Waals surface area contributed by atoms with Crippen molar-refractivity contribution in [2.24, 2.45) is 5.73 Å². The van der Waals surface area contributed by atoms with Gasteiger partial charge >= 0.3 is 0 Å². The Kier molecular flexibility index (Phi) is 4.81. The van der Waals surface area contributed by atoms with Gasteiger partial charge in [-0.3, -0.25) is 0 Å². The summed E-state index contributed by atoms with van der Waals surface area (Å²) >= 11 is 34.2. The Balaban J connectivity index is 3.23. The summed E-state index contributed by atoms with van der Waals surface area (Å²) in [5.41, 5.74) is 5.60. The van der Waals surface area contributed by atoms with Crippen molar-refractivity contribution in [2.75, 3.05) is 0 Å². The highest BCUT2D eigenvalue weighted by molar-refractivity contribution is 7.80. The van der Waals surface area contributed by atoms with E-state index >= 15 is 0 Å². The summed E-state index contributed by atoms with van der Waals surface area (Å²) < 4.78 is -1.56. The molecule has 0 heterocycles. The van der Waals surface area contributed by atoms with Crippen molar-refractivity contribution in [1.29, 1.82) is 0 Å². The number of alkyl halides is 2. The van der Waals surface area contributed by atoms with Crippen LogP contribution < -0.4 is 11.1 Å². The summed E-state index contributed by atoms with van der Waals surface area (Å²) in [7, 11) is 0. The monoisotopic (exact) mass is 336 g/mol. The molecule has 0 atom stereocenters. The number of nitrogens with two attached hydrogens (primary N) is 1. The molecule has 0 saturated carbocycles. The Hall–Kier alpha value is 0.360. The fourth-order valence-electron chi connectivity index (χ4n) is 0.990. The van der Waals surface area contributed by atoms with Gasteiger partial charge in [-0.25, -0.2) is 0 Å². The number of hydrogen-bond acceptors (Lipinski definition) is 1. The van der Waals surface area contributed by atoms with Crippen LogP contribution in [0.1, 0.15) is 5.56 Å². The highest BCUT2D eigenvalue weighted by atomic mass is 35.5. The zero-order valence-corrected chi connectivity index (χ0v) is 12.1. The molecule has 0 aliphatic carbocycles. The predicted octanol–water partition coefficient (Wildman–Crippen LogP) is 4.07. The van der Waals surface area contributed by atoms with E-state index in [0.717, 1.165) is 0 Å². The fraction of sp³-hybridized carbons (Fsp3) is 0.125. The summed E-state index contributed by atoms with van der Waals surface area (Å²) in [5.74, 6) is 0. The highest BCUT2D eigenvalue weighted by Gasteiger charge is 2.30. The van der Waals surface area contributed by atoms with E-state index in [1.165, 1.54) is 12.1 Å². The molecule has 0 aromatic heterocycles. The van der Waals surface area contributed by atoms with Crippen LogP contribution in [0, 0.1) is 0 Å². The minimum atomic E-state index is -1.56. The second kappa shape index (κ2) is 5.34. The van der Waals surface area contributed by atoms with Gasteiger partial charge in [-0.15, -0.1) is 0 Å². The molecular formula is C8H5Cl5N2S. The molecule has 1 aromatic carbocycles. The molecule has 88 valence electrons. The third-order valence-corrected chi connectivity index (χ3v) is 3.65. The molecule has 0 amide bonds. The van der Waals surface area contributed by atoms with Crippen molar-refractivity contribution in [3.8, 4) is 0 Å². The first-order chi connectivity index (χ1) is 7.25. The number of nitrogens with one attached hydrogen (secondary N) is 1. The molecular weight excluding hydrogens is 333 g/mol. The summed E-state index contributed by atoms with van der Waals surface area (Å²) in [6, 6.07) is 3.05. The van der Waals surface area contributed by atoms with E-state index in [9.17, 15) is 0 Å². The highest BCUT2D eigenvalue weighted by Crippen LogP contribution is 2.41. The Labute approximate surface area is 123 Å². The Bertz CT molecular complexity index is 435. The Morgan fingerprint density at radius 3 is 2.25 bits per heavy atom. The van der Waals surface area contributed by atoms with Gasteiger partial charge in [-0.1, -0.05) is 64.1 Å². The molecule has 2 nitrogen and oxygen atoms in total. The van der Waals surface area contributed by atoms with Crippen molar-refractivity contribution in [3.05, 3.63) is 32.8 Å². The van der Waals surface area contributed by atoms with Gasteiger partial charge in [0.05, 0.1) is 15.1 Å². The van der Waals surface area contributed by atoms with Crippen LogP contribution in [0.4, 0.5) is 0 Å². The maximum Gasteiger partial charge on any atom is 0.217 e. The Morgan fingerprint density at radius 1 is 1.19 bits per heavy atom. The van der Waals surface area contributed by atoms with Crippen LogP contribution in [-0.4, -0.2) is 5.11 Å². The second-order valence-electron chi connectivity index (χ2n) is 2.79. The van der Waals surface area contributed by atoms with Crippen LogP contribution in [0.25, 0.3) is 0 Å². The Morgan fingerprint density at radius 2 is 1.75 bits per heavy atom. The second-order valence-corrected chi connectivity index (χ2v) is 5.72. The van der Waals surface area contributed by atoms with E-state index in [4.69, 9.17) is 63.7 Å². The van der Waals surface area contributed by atoms with E-state index in [1.54, 1.807) is 0 Å². The van der Waals surface area contributed by atoms with E-state index in [1.807, 2.05) is 0 Å². The average molecular weight is 338 g/mol. The standard InChI is InChI=1S/C8H5Cl5N2S/c9-4-2-1-3(5(10)6(4)11)8(12,13)15-7(14)16/h1-2H,(H3,14,15,16). The summed E-state index contributed by atoms with van der Waals surface area (Å²) in [6.07, 6.45) is 0. The lowest BCUT2D eigenvalue weighted by molar-refractivity contribution is 0.794. The van der Waals surface area contributed by atoms with Gasteiger partial charge in [-0.05, 0) is 18.3 Å². The average Bonchev–Trinajstić information content (AvgIpc) is 2.11. The van der Waals surface area contributed by atoms with Crippen LogP contribution in [-0.2, 0) is 4.46 Å². The summed E-state index contributed by atoms with van der Waals surface area (Å²) in [4.78, 5) is 0. The maximum absolute atomic E-state index is 5.99. The molecule has 3 N–H and O–H groups in total. The number of halogens is 5. The number of thiocarbonyl (C=S) groups is 1.